The summed E-state index contributed by atoms with van der Waals surface area (Å²) in [5.74, 6) is 0. The molecule has 1 spiro atoms. The van der Waals surface area contributed by atoms with E-state index in [2.05, 4.69) is 12.1 Å². The maximum Gasteiger partial charge on any atom is 0.410 e. The van der Waals surface area contributed by atoms with Gasteiger partial charge in [-0.15, -0.1) is 0 Å². The second kappa shape index (κ2) is 5.94. The van der Waals surface area contributed by atoms with E-state index in [1.807, 2.05) is 23.1 Å². The van der Waals surface area contributed by atoms with Crippen LogP contribution in [0.25, 0.3) is 0 Å². The van der Waals surface area contributed by atoms with Crippen molar-refractivity contribution in [1.82, 2.24) is 4.90 Å². The number of epoxide rings is 1. The number of halogens is 3. The fourth-order valence-corrected chi connectivity index (χ4v) is 4.43. The zero-order valence-corrected chi connectivity index (χ0v) is 15.2. The summed E-state index contributed by atoms with van der Waals surface area (Å²) in [5.41, 5.74) is 1.09. The van der Waals surface area contributed by atoms with E-state index in [1.165, 1.54) is 5.56 Å². The standard InChI is InChI=1S/C17H18Cl3NO3/c18-17(19,20)10-23-15(22)21-12-6-7-13(21)9-16(8-12)14(24-16)11-4-2-1-3-5-11/h1-5,12-14H,6-10H2. The molecule has 1 aromatic rings. The molecule has 0 radical (unpaired) electrons. The summed E-state index contributed by atoms with van der Waals surface area (Å²) in [6.45, 7) is -0.235. The van der Waals surface area contributed by atoms with Crippen molar-refractivity contribution in [3.8, 4) is 0 Å². The maximum atomic E-state index is 12.4. The fourth-order valence-electron chi connectivity index (χ4n) is 4.27. The molecule has 0 saturated carbocycles. The van der Waals surface area contributed by atoms with Gasteiger partial charge in [-0.25, -0.2) is 4.79 Å². The van der Waals surface area contributed by atoms with Crippen LogP contribution in [-0.2, 0) is 9.47 Å². The predicted molar refractivity (Wildman–Crippen MR) is 92.5 cm³/mol. The summed E-state index contributed by atoms with van der Waals surface area (Å²) in [6, 6.07) is 10.5. The highest BCUT2D eigenvalue weighted by molar-refractivity contribution is 6.67. The largest absolute Gasteiger partial charge is 0.445 e. The molecule has 1 aromatic carbocycles. The van der Waals surface area contributed by atoms with E-state index < -0.39 is 3.79 Å². The fraction of sp³-hybridized carbons (Fsp3) is 0.588. The van der Waals surface area contributed by atoms with Crippen LogP contribution in [0.3, 0.4) is 0 Å². The molecule has 130 valence electrons. The van der Waals surface area contributed by atoms with Crippen molar-refractivity contribution in [3.63, 3.8) is 0 Å². The van der Waals surface area contributed by atoms with Crippen LogP contribution in [0.1, 0.15) is 37.4 Å². The lowest BCUT2D eigenvalue weighted by molar-refractivity contribution is 0.0498. The van der Waals surface area contributed by atoms with Crippen molar-refractivity contribution in [1.29, 1.82) is 0 Å². The maximum absolute atomic E-state index is 12.4. The Morgan fingerprint density at radius 2 is 1.83 bits per heavy atom. The Labute approximate surface area is 155 Å². The molecule has 0 aliphatic carbocycles. The monoisotopic (exact) mass is 389 g/mol. The Morgan fingerprint density at radius 3 is 2.42 bits per heavy atom. The van der Waals surface area contributed by atoms with Crippen LogP contribution < -0.4 is 0 Å². The SMILES string of the molecule is O=C(OCC(Cl)(Cl)Cl)N1C2CCC1CC1(C2)OC1c1ccccc1. The molecule has 4 rings (SSSR count). The van der Waals surface area contributed by atoms with Gasteiger partial charge in [0.15, 0.2) is 0 Å². The number of alkyl halides is 3. The van der Waals surface area contributed by atoms with Crippen LogP contribution in [0, 0.1) is 0 Å². The summed E-state index contributed by atoms with van der Waals surface area (Å²) >= 11 is 17.0. The molecule has 24 heavy (non-hydrogen) atoms. The first kappa shape index (κ1) is 16.8. The quantitative estimate of drug-likeness (QED) is 0.546. The molecule has 3 aliphatic rings. The Bertz CT molecular complexity index is 620. The van der Waals surface area contributed by atoms with Crippen LogP contribution in [0.5, 0.6) is 0 Å². The number of benzene rings is 1. The highest BCUT2D eigenvalue weighted by Gasteiger charge is 2.64. The normalized spacial score (nSPS) is 34.5. The van der Waals surface area contributed by atoms with E-state index >= 15 is 0 Å². The second-order valence-corrected chi connectivity index (χ2v) is 9.36. The molecule has 3 unspecified atom stereocenters. The van der Waals surface area contributed by atoms with Gasteiger partial charge < -0.3 is 14.4 Å². The van der Waals surface area contributed by atoms with Crippen LogP contribution in [0.15, 0.2) is 30.3 Å². The number of nitrogens with zero attached hydrogens (tertiary/aromatic N) is 1. The summed E-state index contributed by atoms with van der Waals surface area (Å²) in [6.07, 6.45) is 3.37. The average molecular weight is 391 g/mol. The van der Waals surface area contributed by atoms with E-state index in [0.717, 1.165) is 25.7 Å². The van der Waals surface area contributed by atoms with E-state index in [0.29, 0.717) is 0 Å². The molecule has 3 heterocycles. The molecule has 4 nitrogen and oxygen atoms in total. The van der Waals surface area contributed by atoms with Gasteiger partial charge in [0.1, 0.15) is 18.3 Å². The van der Waals surface area contributed by atoms with Gasteiger partial charge >= 0.3 is 6.09 Å². The van der Waals surface area contributed by atoms with Gasteiger partial charge in [-0.3, -0.25) is 0 Å². The lowest BCUT2D eigenvalue weighted by Crippen LogP contribution is -2.50. The second-order valence-electron chi connectivity index (χ2n) is 6.84. The molecule has 7 heteroatoms. The minimum absolute atomic E-state index is 0.126. The third-order valence-electron chi connectivity index (χ3n) is 5.23. The molecule has 0 aromatic heterocycles. The molecule has 1 amide bonds. The number of carbonyl (C=O) groups excluding carboxylic acids is 1. The number of amides is 1. The van der Waals surface area contributed by atoms with Crippen LogP contribution in [-0.4, -0.2) is 39.1 Å². The minimum atomic E-state index is -1.58. The van der Waals surface area contributed by atoms with Crippen molar-refractivity contribution in [2.45, 2.75) is 53.3 Å². The Balaban J connectivity index is 1.43. The van der Waals surface area contributed by atoms with E-state index in [9.17, 15) is 4.79 Å². The van der Waals surface area contributed by atoms with E-state index in [1.54, 1.807) is 0 Å². The summed E-state index contributed by atoms with van der Waals surface area (Å²) < 4.78 is 9.71. The molecular formula is C17H18Cl3NO3. The Hall–Kier alpha value is -0.680. The van der Waals surface area contributed by atoms with Crippen molar-refractivity contribution in [2.75, 3.05) is 6.61 Å². The first-order valence-corrected chi connectivity index (χ1v) is 9.26. The topological polar surface area (TPSA) is 42.1 Å². The first-order valence-electron chi connectivity index (χ1n) is 8.13. The Morgan fingerprint density at radius 1 is 1.21 bits per heavy atom. The zero-order chi connectivity index (χ0) is 16.9. The van der Waals surface area contributed by atoms with Gasteiger partial charge in [-0.05, 0) is 31.2 Å². The van der Waals surface area contributed by atoms with Crippen molar-refractivity contribution < 1.29 is 14.3 Å². The van der Waals surface area contributed by atoms with E-state index in [4.69, 9.17) is 44.3 Å². The number of fused-ring (bicyclic) bond motifs is 2. The highest BCUT2D eigenvalue weighted by atomic mass is 35.6. The number of hydrogen-bond donors (Lipinski definition) is 0. The van der Waals surface area contributed by atoms with Crippen LogP contribution in [0.4, 0.5) is 4.79 Å². The number of piperidine rings is 1. The Kier molecular flexibility index (Phi) is 4.15. The van der Waals surface area contributed by atoms with Crippen molar-refractivity contribution in [2.24, 2.45) is 0 Å². The predicted octanol–water partition coefficient (Wildman–Crippen LogP) is 4.63. The third kappa shape index (κ3) is 3.10. The van der Waals surface area contributed by atoms with Gasteiger partial charge in [0.2, 0.25) is 3.79 Å². The molecule has 3 saturated heterocycles. The minimum Gasteiger partial charge on any atom is -0.445 e. The van der Waals surface area contributed by atoms with Gasteiger partial charge in [0.25, 0.3) is 0 Å². The lowest BCUT2D eigenvalue weighted by atomic mass is 9.85. The number of rotatable bonds is 2. The molecule has 0 N–H and O–H groups in total. The molecule has 2 bridgehead atoms. The lowest BCUT2D eigenvalue weighted by Gasteiger charge is -2.37. The van der Waals surface area contributed by atoms with E-state index in [-0.39, 0.29) is 36.5 Å². The van der Waals surface area contributed by atoms with Gasteiger partial charge in [0.05, 0.1) is 0 Å². The highest BCUT2D eigenvalue weighted by Crippen LogP contribution is 2.60. The van der Waals surface area contributed by atoms with Crippen molar-refractivity contribution in [3.05, 3.63) is 35.9 Å². The number of ether oxygens (including phenoxy) is 2. The molecular weight excluding hydrogens is 373 g/mol. The third-order valence-corrected chi connectivity index (χ3v) is 5.56. The zero-order valence-electron chi connectivity index (χ0n) is 13.0. The van der Waals surface area contributed by atoms with Crippen molar-refractivity contribution >= 4 is 40.9 Å². The number of hydrogen-bond acceptors (Lipinski definition) is 3. The smallest absolute Gasteiger partial charge is 0.410 e. The summed E-state index contributed by atoms with van der Waals surface area (Å²) in [5, 5.41) is 0. The van der Waals surface area contributed by atoms with Crippen LogP contribution in [0.2, 0.25) is 0 Å². The van der Waals surface area contributed by atoms with Gasteiger partial charge in [-0.1, -0.05) is 65.1 Å². The molecule has 3 fully saturated rings. The number of carbonyl (C=O) groups is 1. The summed E-state index contributed by atoms with van der Waals surface area (Å²) in [7, 11) is 0. The first-order chi connectivity index (χ1) is 11.4. The molecule has 3 atom stereocenters. The molecule has 3 aliphatic heterocycles. The summed E-state index contributed by atoms with van der Waals surface area (Å²) in [4.78, 5) is 14.2. The average Bonchev–Trinajstić information content (AvgIpc) is 3.15. The van der Waals surface area contributed by atoms with Gasteiger partial charge in [-0.2, -0.15) is 0 Å². The van der Waals surface area contributed by atoms with Gasteiger partial charge in [0, 0.05) is 12.1 Å². The van der Waals surface area contributed by atoms with Crippen LogP contribution >= 0.6 is 34.8 Å².